The number of nitrogens with zero attached hydrogens (tertiary/aromatic N) is 6. The molecule has 5 aliphatic rings. The molecule has 0 radical (unpaired) electrons. The summed E-state index contributed by atoms with van der Waals surface area (Å²) in [5.41, 5.74) is 5.90. The van der Waals surface area contributed by atoms with E-state index in [-0.39, 0.29) is 29.2 Å². The third kappa shape index (κ3) is 8.33. The highest BCUT2D eigenvalue weighted by atomic mass is 35.5. The molecule has 3 aromatic rings. The van der Waals surface area contributed by atoms with Crippen LogP contribution in [0.4, 0.5) is 22.7 Å². The van der Waals surface area contributed by atoms with Crippen LogP contribution in [0.15, 0.2) is 66.7 Å². The minimum absolute atomic E-state index is 0.124. The van der Waals surface area contributed by atoms with Crippen molar-refractivity contribution in [1.29, 1.82) is 5.26 Å². The first-order valence-electron chi connectivity index (χ1n) is 20.4. The maximum Gasteiger partial charge on any atom is 0.253 e. The lowest BCUT2D eigenvalue weighted by Gasteiger charge is -2.40. The van der Waals surface area contributed by atoms with E-state index >= 15 is 0 Å². The van der Waals surface area contributed by atoms with E-state index in [0.29, 0.717) is 35.4 Å². The topological polar surface area (TPSA) is 115 Å². The van der Waals surface area contributed by atoms with E-state index in [1.165, 1.54) is 5.69 Å². The van der Waals surface area contributed by atoms with Crippen molar-refractivity contribution in [1.82, 2.24) is 15.1 Å². The van der Waals surface area contributed by atoms with E-state index in [2.05, 4.69) is 67.5 Å². The first-order valence-corrected chi connectivity index (χ1v) is 20.8. The second kappa shape index (κ2) is 16.4. The molecule has 5 saturated heterocycles. The van der Waals surface area contributed by atoms with Gasteiger partial charge in [-0.2, -0.15) is 5.26 Å². The van der Waals surface area contributed by atoms with Gasteiger partial charge in [0.2, 0.25) is 11.8 Å². The average molecular weight is 777 g/mol. The van der Waals surface area contributed by atoms with Crippen LogP contribution in [0.1, 0.15) is 67.8 Å². The maximum absolute atomic E-state index is 13.5. The number of carbonyl (C=O) groups is 3. The molecule has 0 aliphatic carbocycles. The Morgan fingerprint density at radius 2 is 1.59 bits per heavy atom. The Kier molecular flexibility index (Phi) is 11.1. The number of amides is 3. The summed E-state index contributed by atoms with van der Waals surface area (Å²) in [6, 6.07) is 24.5. The molecule has 3 amide bonds. The first-order chi connectivity index (χ1) is 27.1. The van der Waals surface area contributed by atoms with Gasteiger partial charge in [-0.25, -0.2) is 0 Å². The molecular formula is C44H53ClN8O3. The molecule has 8 rings (SSSR count). The molecule has 3 aromatic carbocycles. The second-order valence-electron chi connectivity index (χ2n) is 16.7. The Hall–Kier alpha value is -4.79. The zero-order chi connectivity index (χ0) is 38.8. The van der Waals surface area contributed by atoms with Gasteiger partial charge < -0.3 is 24.9 Å². The minimum Gasteiger partial charge on any atom is -0.374 e. The first kappa shape index (κ1) is 38.1. The smallest absolute Gasteiger partial charge is 0.253 e. The quantitative estimate of drug-likeness (QED) is 0.267. The van der Waals surface area contributed by atoms with Crippen molar-refractivity contribution in [3.8, 4) is 6.07 Å². The number of hydrogen-bond acceptors (Lipinski definition) is 9. The van der Waals surface area contributed by atoms with Crippen LogP contribution in [-0.2, 0) is 9.59 Å². The highest BCUT2D eigenvalue weighted by Crippen LogP contribution is 2.46. The highest BCUT2D eigenvalue weighted by molar-refractivity contribution is 6.32. The number of rotatable bonds is 8. The van der Waals surface area contributed by atoms with E-state index in [4.69, 9.17) is 11.6 Å². The molecule has 2 N–H and O–H groups in total. The van der Waals surface area contributed by atoms with Crippen LogP contribution < -0.4 is 25.3 Å². The molecule has 0 saturated carbocycles. The molecule has 5 heterocycles. The normalized spacial score (nSPS) is 23.3. The lowest BCUT2D eigenvalue weighted by Crippen LogP contribution is -2.50. The fraction of sp³-hybridized carbons (Fsp3) is 0.500. The van der Waals surface area contributed by atoms with Crippen LogP contribution in [0.2, 0.25) is 5.02 Å². The molecule has 294 valence electrons. The van der Waals surface area contributed by atoms with E-state index in [1.807, 2.05) is 47.4 Å². The van der Waals surface area contributed by atoms with Gasteiger partial charge in [0.1, 0.15) is 12.1 Å². The van der Waals surface area contributed by atoms with Crippen LogP contribution in [0.25, 0.3) is 0 Å². The lowest BCUT2D eigenvalue weighted by molar-refractivity contribution is -0.133. The van der Waals surface area contributed by atoms with Crippen LogP contribution >= 0.6 is 11.6 Å². The molecule has 11 nitrogen and oxygen atoms in total. The monoisotopic (exact) mass is 776 g/mol. The van der Waals surface area contributed by atoms with Gasteiger partial charge in [-0.3, -0.25) is 24.6 Å². The van der Waals surface area contributed by atoms with Gasteiger partial charge >= 0.3 is 0 Å². The van der Waals surface area contributed by atoms with Crippen molar-refractivity contribution in [3.05, 3.63) is 82.9 Å². The van der Waals surface area contributed by atoms with Crippen molar-refractivity contribution in [2.24, 2.45) is 11.3 Å². The largest absolute Gasteiger partial charge is 0.374 e. The van der Waals surface area contributed by atoms with E-state index in [1.54, 1.807) is 0 Å². The number of benzene rings is 3. The van der Waals surface area contributed by atoms with Gasteiger partial charge in [0.05, 0.1) is 10.6 Å². The number of piperazine rings is 1. The number of imide groups is 1. The summed E-state index contributed by atoms with van der Waals surface area (Å²) in [7, 11) is 0. The van der Waals surface area contributed by atoms with Crippen molar-refractivity contribution < 1.29 is 14.4 Å². The van der Waals surface area contributed by atoms with Gasteiger partial charge in [0, 0.05) is 106 Å². The zero-order valence-corrected chi connectivity index (χ0v) is 33.1. The standard InChI is InChI=1S/C44H53ClN8O3/c1-31-27-44(30-53(31)38-10-7-34(28-46)39(45)26-38)15-19-51(20-16-44)36-8-5-33(6-9-36)43(56)52-23-21-49(22-24-52)29-32-13-17-50(18-14-32)37-4-2-3-35(25-37)47-40-11-12-41(54)48-42(40)55/h2-10,25-26,31-32,40,47H,11-24,27,29-30H2,1H3,(H,48,54,55)/t31-,40+/m1/s1. The molecule has 12 heteroatoms. The van der Waals surface area contributed by atoms with E-state index in [0.717, 1.165) is 120 Å². The predicted molar refractivity (Wildman–Crippen MR) is 221 cm³/mol. The van der Waals surface area contributed by atoms with Crippen LogP contribution in [-0.4, -0.2) is 105 Å². The molecule has 5 fully saturated rings. The summed E-state index contributed by atoms with van der Waals surface area (Å²) in [6.45, 7) is 11.7. The summed E-state index contributed by atoms with van der Waals surface area (Å²) < 4.78 is 0. The number of hydrogen-bond donors (Lipinski definition) is 2. The molecule has 0 aromatic heterocycles. The minimum atomic E-state index is -0.387. The Morgan fingerprint density at radius 3 is 2.29 bits per heavy atom. The Labute approximate surface area is 335 Å². The van der Waals surface area contributed by atoms with Crippen molar-refractivity contribution >= 4 is 52.1 Å². The van der Waals surface area contributed by atoms with E-state index in [9.17, 15) is 19.6 Å². The van der Waals surface area contributed by atoms with Crippen molar-refractivity contribution in [3.63, 3.8) is 0 Å². The Balaban J connectivity index is 0.762. The van der Waals surface area contributed by atoms with Crippen molar-refractivity contribution in [2.45, 2.75) is 64.0 Å². The molecule has 0 bridgehead atoms. The number of halogens is 1. The van der Waals surface area contributed by atoms with E-state index < -0.39 is 0 Å². The van der Waals surface area contributed by atoms with Gasteiger partial charge in [0.15, 0.2) is 0 Å². The summed E-state index contributed by atoms with van der Waals surface area (Å²) in [6.07, 6.45) is 6.53. The maximum atomic E-state index is 13.5. The number of piperidine rings is 3. The molecule has 2 atom stereocenters. The summed E-state index contributed by atoms with van der Waals surface area (Å²) in [5.74, 6) is 0.299. The third-order valence-electron chi connectivity index (χ3n) is 13.1. The summed E-state index contributed by atoms with van der Waals surface area (Å²) >= 11 is 6.38. The zero-order valence-electron chi connectivity index (χ0n) is 32.4. The Bertz CT molecular complexity index is 1960. The fourth-order valence-corrected chi connectivity index (χ4v) is 9.95. The molecule has 0 unspecified atom stereocenters. The number of carbonyl (C=O) groups excluding carboxylic acids is 3. The molecule has 1 spiro atoms. The second-order valence-corrected chi connectivity index (χ2v) is 17.1. The molecule has 5 aliphatic heterocycles. The fourth-order valence-electron chi connectivity index (χ4n) is 9.73. The number of anilines is 4. The Morgan fingerprint density at radius 1 is 0.875 bits per heavy atom. The lowest BCUT2D eigenvalue weighted by atomic mass is 9.76. The highest BCUT2D eigenvalue weighted by Gasteiger charge is 2.44. The summed E-state index contributed by atoms with van der Waals surface area (Å²) in [4.78, 5) is 49.2. The average Bonchev–Trinajstić information content (AvgIpc) is 3.54. The predicted octanol–water partition coefficient (Wildman–Crippen LogP) is 5.99. The van der Waals surface area contributed by atoms with Crippen LogP contribution in [0, 0.1) is 22.7 Å². The van der Waals surface area contributed by atoms with Crippen molar-refractivity contribution in [2.75, 3.05) is 85.5 Å². The van der Waals surface area contributed by atoms with Gasteiger partial charge in [-0.15, -0.1) is 0 Å². The van der Waals surface area contributed by atoms with Gasteiger partial charge in [0.25, 0.3) is 5.91 Å². The summed E-state index contributed by atoms with van der Waals surface area (Å²) in [5, 5.41) is 15.5. The van der Waals surface area contributed by atoms with Gasteiger partial charge in [-0.1, -0.05) is 17.7 Å². The SMILES string of the molecule is C[C@@H]1CC2(CCN(c3ccc(C(=O)N4CCN(CC5CCN(c6cccc(N[C@H]7CCC(=O)NC7=O)c6)CC5)CC4)cc3)CC2)CN1c1ccc(C#N)c(Cl)c1. The van der Waals surface area contributed by atoms with Gasteiger partial charge in [-0.05, 0) is 117 Å². The molecule has 56 heavy (non-hydrogen) atoms. The molecular weight excluding hydrogens is 724 g/mol. The number of nitriles is 1. The third-order valence-corrected chi connectivity index (χ3v) is 13.4. The number of nitrogens with one attached hydrogen (secondary N) is 2. The van der Waals surface area contributed by atoms with Crippen LogP contribution in [0.3, 0.4) is 0 Å². The van der Waals surface area contributed by atoms with Crippen LogP contribution in [0.5, 0.6) is 0 Å².